The van der Waals surface area contributed by atoms with Gasteiger partial charge >= 0.3 is 0 Å². The Morgan fingerprint density at radius 2 is 1.88 bits per heavy atom. The van der Waals surface area contributed by atoms with Gasteiger partial charge in [-0.1, -0.05) is 42.5 Å². The van der Waals surface area contributed by atoms with E-state index in [1.54, 1.807) is 11.1 Å². The fourth-order valence-electron chi connectivity index (χ4n) is 3.26. The van der Waals surface area contributed by atoms with Crippen molar-refractivity contribution in [2.45, 2.75) is 6.92 Å². The Balaban J connectivity index is 1.67. The molecule has 0 unspecified atom stereocenters. The van der Waals surface area contributed by atoms with Gasteiger partial charge in [0.15, 0.2) is 11.2 Å². The average Bonchev–Trinajstić information content (AvgIpc) is 3.13. The standard InChI is InChI=1S/C18H20N6O2/c1-2-22-8-10-23(11-9-22)18(26)15-16-17(25)19-14(12-24(16)21-20-15)13-6-4-3-5-7-13/h3-7,12H,2,8-11H2,1H3,(H,19,25). The minimum atomic E-state index is -0.369. The largest absolute Gasteiger partial charge is 0.335 e. The van der Waals surface area contributed by atoms with E-state index in [4.69, 9.17) is 0 Å². The van der Waals surface area contributed by atoms with Crippen LogP contribution in [0.3, 0.4) is 0 Å². The number of hydrogen-bond acceptors (Lipinski definition) is 5. The van der Waals surface area contributed by atoms with Gasteiger partial charge in [-0.05, 0) is 12.1 Å². The van der Waals surface area contributed by atoms with E-state index in [2.05, 4.69) is 27.1 Å². The third-order valence-electron chi connectivity index (χ3n) is 4.80. The molecule has 0 aliphatic carbocycles. The lowest BCUT2D eigenvalue weighted by atomic mass is 10.1. The van der Waals surface area contributed by atoms with Gasteiger partial charge < -0.3 is 14.8 Å². The van der Waals surface area contributed by atoms with Crippen molar-refractivity contribution in [3.05, 3.63) is 52.6 Å². The zero-order chi connectivity index (χ0) is 18.1. The monoisotopic (exact) mass is 352 g/mol. The van der Waals surface area contributed by atoms with Crippen molar-refractivity contribution in [2.24, 2.45) is 0 Å². The van der Waals surface area contributed by atoms with Gasteiger partial charge in [0.05, 0.1) is 11.9 Å². The van der Waals surface area contributed by atoms with E-state index in [1.165, 1.54) is 4.52 Å². The molecule has 0 spiro atoms. The summed E-state index contributed by atoms with van der Waals surface area (Å²) in [6.45, 7) is 6.00. The average molecular weight is 352 g/mol. The van der Waals surface area contributed by atoms with E-state index >= 15 is 0 Å². The molecule has 2 aromatic heterocycles. The van der Waals surface area contributed by atoms with Crippen LogP contribution >= 0.6 is 0 Å². The summed E-state index contributed by atoms with van der Waals surface area (Å²) in [5.74, 6) is -0.242. The molecule has 4 rings (SSSR count). The molecule has 0 radical (unpaired) electrons. The molecule has 0 atom stereocenters. The number of aromatic nitrogens is 4. The van der Waals surface area contributed by atoms with Crippen LogP contribution in [0.2, 0.25) is 0 Å². The van der Waals surface area contributed by atoms with Crippen molar-refractivity contribution in [3.8, 4) is 11.3 Å². The molecule has 8 nitrogen and oxygen atoms in total. The molecule has 26 heavy (non-hydrogen) atoms. The van der Waals surface area contributed by atoms with Crippen molar-refractivity contribution in [3.63, 3.8) is 0 Å². The Hall–Kier alpha value is -3.00. The minimum Gasteiger partial charge on any atom is -0.335 e. The topological polar surface area (TPSA) is 86.6 Å². The second kappa shape index (κ2) is 6.72. The van der Waals surface area contributed by atoms with Gasteiger partial charge in [0.1, 0.15) is 0 Å². The molecule has 1 aliphatic rings. The predicted molar refractivity (Wildman–Crippen MR) is 97.1 cm³/mol. The smallest absolute Gasteiger partial charge is 0.277 e. The van der Waals surface area contributed by atoms with Crippen LogP contribution in [0.5, 0.6) is 0 Å². The maximum atomic E-state index is 12.8. The quantitative estimate of drug-likeness (QED) is 0.756. The summed E-state index contributed by atoms with van der Waals surface area (Å²) < 4.78 is 1.39. The molecule has 1 amide bonds. The lowest BCUT2D eigenvalue weighted by Crippen LogP contribution is -2.48. The van der Waals surface area contributed by atoms with E-state index in [0.29, 0.717) is 18.8 Å². The Morgan fingerprint density at radius 3 is 2.58 bits per heavy atom. The summed E-state index contributed by atoms with van der Waals surface area (Å²) in [6, 6.07) is 9.49. The first-order valence-electron chi connectivity index (χ1n) is 8.72. The molecular formula is C18H20N6O2. The van der Waals surface area contributed by atoms with Crippen molar-refractivity contribution in [2.75, 3.05) is 32.7 Å². The molecule has 0 saturated carbocycles. The van der Waals surface area contributed by atoms with E-state index in [0.717, 1.165) is 25.2 Å². The lowest BCUT2D eigenvalue weighted by molar-refractivity contribution is 0.0639. The van der Waals surface area contributed by atoms with Crippen LogP contribution in [0.15, 0.2) is 41.3 Å². The zero-order valence-corrected chi connectivity index (χ0v) is 14.6. The van der Waals surface area contributed by atoms with Crippen molar-refractivity contribution >= 4 is 11.4 Å². The summed E-state index contributed by atoms with van der Waals surface area (Å²) in [4.78, 5) is 32.3. The van der Waals surface area contributed by atoms with E-state index in [1.807, 2.05) is 30.3 Å². The minimum absolute atomic E-state index is 0.107. The summed E-state index contributed by atoms with van der Waals surface area (Å²) in [6.07, 6.45) is 1.69. The Labute approximate surface area is 150 Å². The second-order valence-corrected chi connectivity index (χ2v) is 6.32. The van der Waals surface area contributed by atoms with Gasteiger partial charge in [0.25, 0.3) is 11.5 Å². The number of H-pyrrole nitrogens is 1. The van der Waals surface area contributed by atoms with Crippen LogP contribution in [-0.4, -0.2) is 68.2 Å². The first kappa shape index (κ1) is 16.5. The van der Waals surface area contributed by atoms with Gasteiger partial charge in [-0.2, -0.15) is 0 Å². The van der Waals surface area contributed by atoms with Crippen LogP contribution in [0.4, 0.5) is 0 Å². The molecule has 1 fully saturated rings. The number of benzene rings is 1. The maximum Gasteiger partial charge on any atom is 0.277 e. The SMILES string of the molecule is CCN1CCN(C(=O)c2nnn3cc(-c4ccccc4)[nH]c(=O)c23)CC1. The van der Waals surface area contributed by atoms with Gasteiger partial charge in [0, 0.05) is 26.2 Å². The third kappa shape index (κ3) is 2.88. The van der Waals surface area contributed by atoms with Gasteiger partial charge in [-0.3, -0.25) is 9.59 Å². The van der Waals surface area contributed by atoms with E-state index in [-0.39, 0.29) is 22.7 Å². The number of nitrogens with zero attached hydrogens (tertiary/aromatic N) is 5. The lowest BCUT2D eigenvalue weighted by Gasteiger charge is -2.33. The molecule has 1 aromatic carbocycles. The van der Waals surface area contributed by atoms with Crippen LogP contribution < -0.4 is 5.56 Å². The third-order valence-corrected chi connectivity index (χ3v) is 4.80. The molecule has 3 aromatic rings. The number of aromatic amines is 1. The number of carbonyl (C=O) groups excluding carboxylic acids is 1. The van der Waals surface area contributed by atoms with Crippen molar-refractivity contribution < 1.29 is 4.79 Å². The molecule has 0 bridgehead atoms. The fraction of sp³-hybridized carbons (Fsp3) is 0.333. The van der Waals surface area contributed by atoms with Crippen LogP contribution in [0, 0.1) is 0 Å². The zero-order valence-electron chi connectivity index (χ0n) is 14.6. The summed E-state index contributed by atoms with van der Waals surface area (Å²) in [5, 5.41) is 7.99. The Kier molecular flexibility index (Phi) is 4.26. The fourth-order valence-corrected chi connectivity index (χ4v) is 3.26. The highest BCUT2D eigenvalue weighted by Crippen LogP contribution is 2.16. The van der Waals surface area contributed by atoms with Crippen LogP contribution in [0.25, 0.3) is 16.8 Å². The number of hydrogen-bond donors (Lipinski definition) is 1. The summed E-state index contributed by atoms with van der Waals surface area (Å²) in [5.41, 5.74) is 1.42. The highest BCUT2D eigenvalue weighted by molar-refractivity contribution is 5.98. The maximum absolute atomic E-state index is 12.8. The number of piperazine rings is 1. The predicted octanol–water partition coefficient (Wildman–Crippen LogP) is 0.862. The molecule has 134 valence electrons. The van der Waals surface area contributed by atoms with Crippen LogP contribution in [0.1, 0.15) is 17.4 Å². The Bertz CT molecular complexity index is 986. The number of rotatable bonds is 3. The summed E-state index contributed by atoms with van der Waals surface area (Å²) >= 11 is 0. The first-order valence-corrected chi connectivity index (χ1v) is 8.72. The Morgan fingerprint density at radius 1 is 1.15 bits per heavy atom. The highest BCUT2D eigenvalue weighted by Gasteiger charge is 2.26. The van der Waals surface area contributed by atoms with E-state index in [9.17, 15) is 9.59 Å². The van der Waals surface area contributed by atoms with Crippen molar-refractivity contribution in [1.82, 2.24) is 29.6 Å². The molecular weight excluding hydrogens is 332 g/mol. The number of amides is 1. The summed E-state index contributed by atoms with van der Waals surface area (Å²) in [7, 11) is 0. The van der Waals surface area contributed by atoms with Crippen LogP contribution in [-0.2, 0) is 0 Å². The van der Waals surface area contributed by atoms with Gasteiger partial charge in [-0.25, -0.2) is 4.52 Å². The number of likely N-dealkylation sites (N-methyl/N-ethyl adjacent to an activating group) is 1. The van der Waals surface area contributed by atoms with Crippen molar-refractivity contribution in [1.29, 1.82) is 0 Å². The molecule has 1 N–H and O–H groups in total. The number of carbonyl (C=O) groups is 1. The first-order chi connectivity index (χ1) is 12.7. The molecule has 3 heterocycles. The van der Waals surface area contributed by atoms with E-state index < -0.39 is 0 Å². The molecule has 1 saturated heterocycles. The molecule has 8 heteroatoms. The van der Waals surface area contributed by atoms with Gasteiger partial charge in [0.2, 0.25) is 0 Å². The molecule has 1 aliphatic heterocycles. The highest BCUT2D eigenvalue weighted by atomic mass is 16.2. The number of nitrogens with one attached hydrogen (secondary N) is 1. The second-order valence-electron chi connectivity index (χ2n) is 6.32. The normalized spacial score (nSPS) is 15.5. The van der Waals surface area contributed by atoms with Gasteiger partial charge in [-0.15, -0.1) is 5.10 Å². The number of fused-ring (bicyclic) bond motifs is 1.